The largest absolute Gasteiger partial charge is 0.357 e. The summed E-state index contributed by atoms with van der Waals surface area (Å²) < 4.78 is 0. The highest BCUT2D eigenvalue weighted by atomic mass is 32.1. The average molecular weight is 208 g/mol. The van der Waals surface area contributed by atoms with Crippen LogP contribution in [-0.4, -0.2) is 23.8 Å². The highest BCUT2D eigenvalue weighted by molar-refractivity contribution is 7.80. The Labute approximate surface area is 90.7 Å². The van der Waals surface area contributed by atoms with E-state index in [-0.39, 0.29) is 0 Å². The number of hydrogen-bond donors (Lipinski definition) is 1. The number of thiol groups is 1. The summed E-state index contributed by atoms with van der Waals surface area (Å²) in [6.45, 7) is 2.33. The molecule has 0 bridgehead atoms. The lowest BCUT2D eigenvalue weighted by molar-refractivity contribution is 0.932. The van der Waals surface area contributed by atoms with Gasteiger partial charge < -0.3 is 4.90 Å². The lowest BCUT2D eigenvalue weighted by atomic mass is 10.2. The third kappa shape index (κ3) is 2.21. The summed E-state index contributed by atoms with van der Waals surface area (Å²) in [5.41, 5.74) is 1.28. The van der Waals surface area contributed by atoms with Gasteiger partial charge in [0.1, 0.15) is 5.82 Å². The second kappa shape index (κ2) is 4.69. The fraction of sp³-hybridized carbons (Fsp3) is 0.545. The van der Waals surface area contributed by atoms with E-state index in [1.165, 1.54) is 31.5 Å². The first kappa shape index (κ1) is 9.84. The molecule has 0 saturated carbocycles. The maximum absolute atomic E-state index is 4.47. The molecule has 1 fully saturated rings. The monoisotopic (exact) mass is 208 g/mol. The van der Waals surface area contributed by atoms with Crippen molar-refractivity contribution in [2.45, 2.75) is 19.3 Å². The second-order valence-corrected chi connectivity index (χ2v) is 4.14. The van der Waals surface area contributed by atoms with Crippen LogP contribution in [0.25, 0.3) is 0 Å². The van der Waals surface area contributed by atoms with Crippen LogP contribution in [0.2, 0.25) is 0 Å². The number of anilines is 1. The van der Waals surface area contributed by atoms with E-state index in [2.05, 4.69) is 34.6 Å². The quantitative estimate of drug-likeness (QED) is 0.766. The van der Waals surface area contributed by atoms with Gasteiger partial charge in [0, 0.05) is 19.3 Å². The molecule has 0 N–H and O–H groups in total. The van der Waals surface area contributed by atoms with Crippen LogP contribution in [0, 0.1) is 0 Å². The van der Waals surface area contributed by atoms with E-state index in [4.69, 9.17) is 0 Å². The second-order valence-electron chi connectivity index (χ2n) is 3.69. The summed E-state index contributed by atoms with van der Waals surface area (Å²) in [7, 11) is 0. The van der Waals surface area contributed by atoms with Gasteiger partial charge in [0.15, 0.2) is 0 Å². The van der Waals surface area contributed by atoms with Crippen molar-refractivity contribution in [1.82, 2.24) is 4.98 Å². The van der Waals surface area contributed by atoms with Gasteiger partial charge in [0.2, 0.25) is 0 Å². The van der Waals surface area contributed by atoms with Crippen molar-refractivity contribution in [2.75, 3.05) is 23.7 Å². The molecule has 0 amide bonds. The number of aromatic nitrogens is 1. The minimum atomic E-state index is 0.894. The Hall–Kier alpha value is -0.700. The third-order valence-corrected chi connectivity index (χ3v) is 2.86. The molecule has 1 aliphatic rings. The van der Waals surface area contributed by atoms with E-state index >= 15 is 0 Å². The standard InChI is InChI=1S/C11H16N2S/c14-8-5-10-3-4-11(12-9-10)13-6-1-2-7-13/h3-4,9,14H,1-2,5-8H2. The van der Waals surface area contributed by atoms with Crippen LogP contribution >= 0.6 is 12.6 Å². The van der Waals surface area contributed by atoms with Crippen molar-refractivity contribution in [2.24, 2.45) is 0 Å². The molecule has 0 aliphatic carbocycles. The molecule has 76 valence electrons. The normalized spacial score (nSPS) is 16.2. The fourth-order valence-electron chi connectivity index (χ4n) is 1.83. The number of rotatable bonds is 3. The third-order valence-electron chi connectivity index (χ3n) is 2.64. The molecule has 1 aliphatic heterocycles. The lowest BCUT2D eigenvalue weighted by Crippen LogP contribution is -2.18. The molecule has 0 spiro atoms. The summed E-state index contributed by atoms with van der Waals surface area (Å²) >= 11 is 4.21. The zero-order valence-electron chi connectivity index (χ0n) is 8.32. The Morgan fingerprint density at radius 2 is 2.07 bits per heavy atom. The highest BCUT2D eigenvalue weighted by Crippen LogP contribution is 2.17. The van der Waals surface area contributed by atoms with Crippen LogP contribution in [0.1, 0.15) is 18.4 Å². The molecule has 0 atom stereocenters. The summed E-state index contributed by atoms with van der Waals surface area (Å²) in [5, 5.41) is 0. The summed E-state index contributed by atoms with van der Waals surface area (Å²) in [5.74, 6) is 2.02. The minimum absolute atomic E-state index is 0.894. The van der Waals surface area contributed by atoms with Gasteiger partial charge in [-0.05, 0) is 36.6 Å². The average Bonchev–Trinajstić information content (AvgIpc) is 2.72. The van der Waals surface area contributed by atoms with Gasteiger partial charge in [-0.1, -0.05) is 6.07 Å². The van der Waals surface area contributed by atoms with Crippen LogP contribution in [0.5, 0.6) is 0 Å². The van der Waals surface area contributed by atoms with Gasteiger partial charge >= 0.3 is 0 Å². The molecule has 0 radical (unpaired) electrons. The van der Waals surface area contributed by atoms with Crippen molar-refractivity contribution in [1.29, 1.82) is 0 Å². The van der Waals surface area contributed by atoms with E-state index in [1.54, 1.807) is 0 Å². The topological polar surface area (TPSA) is 16.1 Å². The van der Waals surface area contributed by atoms with E-state index in [0.29, 0.717) is 0 Å². The molecular weight excluding hydrogens is 192 g/mol. The number of aryl methyl sites for hydroxylation is 1. The molecule has 1 aromatic rings. The first-order valence-corrected chi connectivity index (χ1v) is 5.84. The zero-order valence-corrected chi connectivity index (χ0v) is 9.21. The Bertz CT molecular complexity index is 278. The Morgan fingerprint density at radius 3 is 2.64 bits per heavy atom. The first-order valence-electron chi connectivity index (χ1n) is 5.21. The zero-order chi connectivity index (χ0) is 9.80. The Balaban J connectivity index is 2.05. The molecular formula is C11H16N2S. The maximum atomic E-state index is 4.47. The van der Waals surface area contributed by atoms with Crippen LogP contribution in [0.15, 0.2) is 18.3 Å². The van der Waals surface area contributed by atoms with Gasteiger partial charge in [-0.2, -0.15) is 12.6 Å². The number of hydrogen-bond acceptors (Lipinski definition) is 3. The number of pyridine rings is 1. The van der Waals surface area contributed by atoms with Crippen molar-refractivity contribution < 1.29 is 0 Å². The van der Waals surface area contributed by atoms with Gasteiger partial charge in [-0.25, -0.2) is 4.98 Å². The van der Waals surface area contributed by atoms with E-state index in [1.807, 2.05) is 6.20 Å². The molecule has 1 saturated heterocycles. The smallest absolute Gasteiger partial charge is 0.128 e. The van der Waals surface area contributed by atoms with Crippen LogP contribution < -0.4 is 4.90 Å². The highest BCUT2D eigenvalue weighted by Gasteiger charge is 2.12. The summed E-state index contributed by atoms with van der Waals surface area (Å²) in [4.78, 5) is 6.82. The van der Waals surface area contributed by atoms with Gasteiger partial charge in [-0.3, -0.25) is 0 Å². The molecule has 0 unspecified atom stereocenters. The molecule has 2 nitrogen and oxygen atoms in total. The molecule has 0 aromatic carbocycles. The molecule has 1 aromatic heterocycles. The van der Waals surface area contributed by atoms with Gasteiger partial charge in [-0.15, -0.1) is 0 Å². The van der Waals surface area contributed by atoms with Crippen molar-refractivity contribution in [3.8, 4) is 0 Å². The minimum Gasteiger partial charge on any atom is -0.357 e. The molecule has 3 heteroatoms. The molecule has 2 rings (SSSR count). The lowest BCUT2D eigenvalue weighted by Gasteiger charge is -2.16. The van der Waals surface area contributed by atoms with Gasteiger partial charge in [0.05, 0.1) is 0 Å². The first-order chi connectivity index (χ1) is 6.90. The Kier molecular flexibility index (Phi) is 3.30. The fourth-order valence-corrected chi connectivity index (χ4v) is 2.09. The Morgan fingerprint density at radius 1 is 1.29 bits per heavy atom. The van der Waals surface area contributed by atoms with Crippen LogP contribution in [-0.2, 0) is 6.42 Å². The summed E-state index contributed by atoms with van der Waals surface area (Å²) in [6, 6.07) is 4.29. The van der Waals surface area contributed by atoms with E-state index < -0.39 is 0 Å². The predicted octanol–water partition coefficient (Wildman–Crippen LogP) is 2.15. The van der Waals surface area contributed by atoms with Gasteiger partial charge in [0.25, 0.3) is 0 Å². The van der Waals surface area contributed by atoms with Crippen molar-refractivity contribution >= 4 is 18.4 Å². The van der Waals surface area contributed by atoms with E-state index in [0.717, 1.165) is 18.0 Å². The van der Waals surface area contributed by atoms with Crippen molar-refractivity contribution in [3.05, 3.63) is 23.9 Å². The van der Waals surface area contributed by atoms with Crippen LogP contribution in [0.4, 0.5) is 5.82 Å². The predicted molar refractivity (Wildman–Crippen MR) is 63.2 cm³/mol. The molecule has 14 heavy (non-hydrogen) atoms. The van der Waals surface area contributed by atoms with Crippen LogP contribution in [0.3, 0.4) is 0 Å². The summed E-state index contributed by atoms with van der Waals surface area (Å²) in [6.07, 6.45) is 5.60. The van der Waals surface area contributed by atoms with E-state index in [9.17, 15) is 0 Å². The SMILES string of the molecule is SCCc1ccc(N2CCCC2)nc1. The maximum Gasteiger partial charge on any atom is 0.128 e. The van der Waals surface area contributed by atoms with Crippen molar-refractivity contribution in [3.63, 3.8) is 0 Å². The number of nitrogens with zero attached hydrogens (tertiary/aromatic N) is 2. The molecule has 2 heterocycles.